The maximum absolute atomic E-state index is 15.4. The van der Waals surface area contributed by atoms with E-state index < -0.39 is 0 Å². The van der Waals surface area contributed by atoms with Crippen molar-refractivity contribution in [1.29, 1.82) is 0 Å². The predicted molar refractivity (Wildman–Crippen MR) is 150 cm³/mol. The molecular weight excluding hydrogens is 503 g/mol. The molecule has 8 heteroatoms. The van der Waals surface area contributed by atoms with Gasteiger partial charge in [0, 0.05) is 50.2 Å². The number of piperazine rings is 1. The fraction of sp³-hybridized carbons (Fsp3) is 0.333. The molecule has 0 atom stereocenters. The van der Waals surface area contributed by atoms with Crippen molar-refractivity contribution in [2.45, 2.75) is 32.9 Å². The smallest absolute Gasteiger partial charge is 0.148 e. The number of benzene rings is 3. The van der Waals surface area contributed by atoms with E-state index in [1.165, 1.54) is 6.07 Å². The average Bonchev–Trinajstić information content (AvgIpc) is 3.25. The van der Waals surface area contributed by atoms with Gasteiger partial charge < -0.3 is 19.0 Å². The topological polar surface area (TPSA) is 50.6 Å². The van der Waals surface area contributed by atoms with Crippen molar-refractivity contribution in [2.24, 2.45) is 0 Å². The predicted octanol–water partition coefficient (Wildman–Crippen LogP) is 5.95. The molecule has 0 radical (unpaired) electrons. The second-order valence-electron chi connectivity index (χ2n) is 9.77. The van der Waals surface area contributed by atoms with E-state index in [4.69, 9.17) is 21.3 Å². The largest absolute Gasteiger partial charge is 0.486 e. The van der Waals surface area contributed by atoms with Crippen LogP contribution >= 0.6 is 11.6 Å². The van der Waals surface area contributed by atoms with Crippen LogP contribution in [0.4, 0.5) is 10.1 Å². The van der Waals surface area contributed by atoms with Gasteiger partial charge in [-0.05, 0) is 55.8 Å². The van der Waals surface area contributed by atoms with Gasteiger partial charge in [-0.1, -0.05) is 41.9 Å². The Hall–Kier alpha value is -3.42. The molecule has 1 aromatic heterocycles. The number of carbonyl (C=O) groups excluding carboxylic acids is 1. The van der Waals surface area contributed by atoms with Crippen LogP contribution in [0.2, 0.25) is 5.02 Å². The van der Waals surface area contributed by atoms with Gasteiger partial charge in [0.1, 0.15) is 29.8 Å². The van der Waals surface area contributed by atoms with Crippen molar-refractivity contribution >= 4 is 34.1 Å². The summed E-state index contributed by atoms with van der Waals surface area (Å²) in [5, 5.41) is 0.682. The lowest BCUT2D eigenvalue weighted by Crippen LogP contribution is -2.47. The molecule has 1 saturated heterocycles. The van der Waals surface area contributed by atoms with Crippen LogP contribution < -0.4 is 9.64 Å². The van der Waals surface area contributed by atoms with E-state index in [1.807, 2.05) is 60.7 Å². The van der Waals surface area contributed by atoms with E-state index in [9.17, 15) is 4.79 Å². The van der Waals surface area contributed by atoms with Crippen LogP contribution in [-0.4, -0.2) is 53.0 Å². The maximum atomic E-state index is 15.4. The molecule has 5 rings (SSSR count). The number of hydrogen-bond acceptors (Lipinski definition) is 5. The van der Waals surface area contributed by atoms with Gasteiger partial charge >= 0.3 is 0 Å². The minimum Gasteiger partial charge on any atom is -0.486 e. The Balaban J connectivity index is 1.40. The molecular formula is C30H32ClFN4O2. The molecule has 1 aliphatic rings. The molecule has 0 spiro atoms. The molecule has 1 fully saturated rings. The molecule has 0 N–H and O–H groups in total. The third kappa shape index (κ3) is 6.34. The number of rotatable bonds is 10. The Bertz CT molecular complexity index is 1380. The zero-order valence-electron chi connectivity index (χ0n) is 21.6. The molecule has 0 amide bonds. The number of imidazole rings is 1. The number of fused-ring (bicyclic) bond motifs is 1. The number of halogens is 2. The van der Waals surface area contributed by atoms with Crippen LogP contribution in [-0.2, 0) is 17.9 Å². The molecule has 0 aliphatic carbocycles. The lowest BCUT2D eigenvalue weighted by molar-refractivity contribution is -0.117. The van der Waals surface area contributed by atoms with Gasteiger partial charge in [-0.25, -0.2) is 9.37 Å². The molecule has 38 heavy (non-hydrogen) atoms. The zero-order chi connectivity index (χ0) is 26.5. The Kier molecular flexibility index (Phi) is 8.25. The second-order valence-corrected chi connectivity index (χ2v) is 10.2. The summed E-state index contributed by atoms with van der Waals surface area (Å²) in [5.41, 5.74) is 3.13. The summed E-state index contributed by atoms with van der Waals surface area (Å²) in [7, 11) is 0. The molecule has 0 bridgehead atoms. The lowest BCUT2D eigenvalue weighted by atomic mass is 10.2. The van der Waals surface area contributed by atoms with Crippen molar-refractivity contribution in [3.63, 3.8) is 0 Å². The van der Waals surface area contributed by atoms with Crippen molar-refractivity contribution in [3.8, 4) is 5.75 Å². The van der Waals surface area contributed by atoms with Gasteiger partial charge in [0.25, 0.3) is 0 Å². The normalized spacial score (nSPS) is 14.2. The summed E-state index contributed by atoms with van der Waals surface area (Å²) in [6.45, 7) is 6.51. The first kappa shape index (κ1) is 26.2. The van der Waals surface area contributed by atoms with Crippen LogP contribution in [0.25, 0.3) is 11.0 Å². The van der Waals surface area contributed by atoms with Gasteiger partial charge in [-0.2, -0.15) is 0 Å². The first-order valence-corrected chi connectivity index (χ1v) is 13.4. The SMILES string of the molecule is CC(=O)CCCN1CCN(c2cc3c(cc2F)nc(COc2ccccc2)n3Cc2ccc(Cl)cc2)CC1. The molecule has 2 heterocycles. The zero-order valence-corrected chi connectivity index (χ0v) is 22.3. The number of Topliss-reactive ketones (excluding diaryl/α,β-unsaturated/α-hetero) is 1. The number of para-hydroxylation sites is 1. The highest BCUT2D eigenvalue weighted by Gasteiger charge is 2.22. The highest BCUT2D eigenvalue weighted by Crippen LogP contribution is 2.29. The quantitative estimate of drug-likeness (QED) is 0.252. The molecule has 4 aromatic rings. The Morgan fingerprint density at radius 2 is 1.76 bits per heavy atom. The Morgan fingerprint density at radius 1 is 1.03 bits per heavy atom. The van der Waals surface area contributed by atoms with Gasteiger partial charge in [0.05, 0.1) is 16.7 Å². The number of nitrogens with zero attached hydrogens (tertiary/aromatic N) is 4. The monoisotopic (exact) mass is 534 g/mol. The second kappa shape index (κ2) is 12.0. The summed E-state index contributed by atoms with van der Waals surface area (Å²) in [4.78, 5) is 20.5. The Labute approximate surface area is 227 Å². The highest BCUT2D eigenvalue weighted by atomic mass is 35.5. The summed E-state index contributed by atoms with van der Waals surface area (Å²) in [6.07, 6.45) is 1.48. The van der Waals surface area contributed by atoms with Crippen LogP contribution in [0, 0.1) is 5.82 Å². The van der Waals surface area contributed by atoms with E-state index in [0.717, 1.165) is 61.8 Å². The van der Waals surface area contributed by atoms with Crippen molar-refractivity contribution in [2.75, 3.05) is 37.6 Å². The van der Waals surface area contributed by atoms with Gasteiger partial charge in [0.2, 0.25) is 0 Å². The van der Waals surface area contributed by atoms with E-state index in [-0.39, 0.29) is 18.2 Å². The number of carbonyl (C=O) groups is 1. The average molecular weight is 535 g/mol. The number of aromatic nitrogens is 2. The number of ketones is 1. The minimum atomic E-state index is -0.269. The van der Waals surface area contributed by atoms with Crippen LogP contribution in [0.15, 0.2) is 66.7 Å². The van der Waals surface area contributed by atoms with Gasteiger partial charge in [-0.3, -0.25) is 4.90 Å². The molecule has 6 nitrogen and oxygen atoms in total. The summed E-state index contributed by atoms with van der Waals surface area (Å²) < 4.78 is 23.5. The van der Waals surface area contributed by atoms with E-state index in [2.05, 4.69) is 14.4 Å². The summed E-state index contributed by atoms with van der Waals surface area (Å²) in [5.74, 6) is 1.44. The van der Waals surface area contributed by atoms with E-state index in [0.29, 0.717) is 29.2 Å². The maximum Gasteiger partial charge on any atom is 0.148 e. The summed E-state index contributed by atoms with van der Waals surface area (Å²) in [6, 6.07) is 20.8. The first-order valence-electron chi connectivity index (χ1n) is 13.0. The minimum absolute atomic E-state index is 0.225. The van der Waals surface area contributed by atoms with Crippen molar-refractivity contribution in [1.82, 2.24) is 14.5 Å². The standard InChI is InChI=1S/C30H32ClFN4O2/c1-22(37)6-5-13-34-14-16-35(17-15-34)28-19-29-27(18-26(28)32)33-30(21-38-25-7-3-2-4-8-25)36(29)20-23-9-11-24(31)12-10-23/h2-4,7-12,18-19H,5-6,13-17,20-21H2,1H3. The van der Waals surface area contributed by atoms with Crippen LogP contribution in [0.5, 0.6) is 5.75 Å². The van der Waals surface area contributed by atoms with Crippen LogP contribution in [0.3, 0.4) is 0 Å². The molecule has 198 valence electrons. The third-order valence-electron chi connectivity index (χ3n) is 6.98. The van der Waals surface area contributed by atoms with Gasteiger partial charge in [0.15, 0.2) is 0 Å². The highest BCUT2D eigenvalue weighted by molar-refractivity contribution is 6.30. The van der Waals surface area contributed by atoms with Gasteiger partial charge in [-0.15, -0.1) is 0 Å². The molecule has 3 aromatic carbocycles. The lowest BCUT2D eigenvalue weighted by Gasteiger charge is -2.36. The van der Waals surface area contributed by atoms with Crippen molar-refractivity contribution in [3.05, 3.63) is 89.0 Å². The first-order chi connectivity index (χ1) is 18.5. The fourth-order valence-electron chi connectivity index (χ4n) is 4.91. The van der Waals surface area contributed by atoms with E-state index in [1.54, 1.807) is 6.92 Å². The molecule has 1 aliphatic heterocycles. The fourth-order valence-corrected chi connectivity index (χ4v) is 5.04. The molecule has 0 saturated carbocycles. The number of ether oxygens (including phenoxy) is 1. The molecule has 0 unspecified atom stereocenters. The van der Waals surface area contributed by atoms with Crippen LogP contribution in [0.1, 0.15) is 31.2 Å². The Morgan fingerprint density at radius 3 is 2.47 bits per heavy atom. The number of hydrogen-bond donors (Lipinski definition) is 0. The third-order valence-corrected chi connectivity index (χ3v) is 7.23. The van der Waals surface area contributed by atoms with Crippen molar-refractivity contribution < 1.29 is 13.9 Å². The number of anilines is 1. The summed E-state index contributed by atoms with van der Waals surface area (Å²) >= 11 is 6.11. The van der Waals surface area contributed by atoms with E-state index >= 15 is 4.39 Å².